The highest BCUT2D eigenvalue weighted by Gasteiger charge is 1.93. The maximum Gasteiger partial charge on any atom is 0.0512 e. The first-order chi connectivity index (χ1) is 5.27. The van der Waals surface area contributed by atoms with Crippen molar-refractivity contribution in [2.24, 2.45) is 0 Å². The number of unbranched alkanes of at least 4 members (excludes halogenated alkanes) is 2. The van der Waals surface area contributed by atoms with Crippen LogP contribution in [-0.4, -0.2) is 11.2 Å². The van der Waals surface area contributed by atoms with E-state index in [0.29, 0.717) is 0 Å². The van der Waals surface area contributed by atoms with Gasteiger partial charge in [0.15, 0.2) is 0 Å². The van der Waals surface area contributed by atoms with Crippen molar-refractivity contribution in [1.82, 2.24) is 0 Å². The van der Waals surface area contributed by atoms with Crippen LogP contribution in [0, 0.1) is 11.8 Å². The lowest BCUT2D eigenvalue weighted by Gasteiger charge is -2.00. The molecule has 0 fully saturated rings. The van der Waals surface area contributed by atoms with Crippen LogP contribution in [0.5, 0.6) is 0 Å². The molecule has 0 amide bonds. The van der Waals surface area contributed by atoms with Gasteiger partial charge in [-0.25, -0.2) is 0 Å². The molecule has 1 atom stereocenters. The third-order valence-electron chi connectivity index (χ3n) is 1.48. The van der Waals surface area contributed by atoms with E-state index >= 15 is 0 Å². The summed E-state index contributed by atoms with van der Waals surface area (Å²) in [6.45, 7) is 3.89. The summed E-state index contributed by atoms with van der Waals surface area (Å²) in [5.74, 6) is 6.10. The van der Waals surface area contributed by atoms with Crippen molar-refractivity contribution in [3.63, 3.8) is 0 Å². The first kappa shape index (κ1) is 10.5. The average Bonchev–Trinajstić information content (AvgIpc) is 1.96. The van der Waals surface area contributed by atoms with E-state index in [4.69, 9.17) is 5.11 Å². The molecule has 0 rings (SSSR count). The van der Waals surface area contributed by atoms with Gasteiger partial charge in [-0.3, -0.25) is 0 Å². The molecule has 0 heterocycles. The Bertz CT molecular complexity index is 128. The second-order valence-electron chi connectivity index (χ2n) is 2.80. The predicted molar refractivity (Wildman–Crippen MR) is 48.2 cm³/mol. The Morgan fingerprint density at radius 1 is 1.27 bits per heavy atom. The molecule has 64 valence electrons. The van der Waals surface area contributed by atoms with Crippen molar-refractivity contribution in [1.29, 1.82) is 0 Å². The fraction of sp³-hybridized carbons (Fsp3) is 0.800. The van der Waals surface area contributed by atoms with E-state index in [0.717, 1.165) is 32.1 Å². The Kier molecular flexibility index (Phi) is 7.29. The summed E-state index contributed by atoms with van der Waals surface area (Å²) in [5.41, 5.74) is 0. The normalized spacial score (nSPS) is 11.9. The van der Waals surface area contributed by atoms with Gasteiger partial charge >= 0.3 is 0 Å². The lowest BCUT2D eigenvalue weighted by Crippen LogP contribution is -1.97. The van der Waals surface area contributed by atoms with E-state index in [9.17, 15) is 0 Å². The highest BCUT2D eigenvalue weighted by atomic mass is 16.3. The van der Waals surface area contributed by atoms with Crippen molar-refractivity contribution in [3.8, 4) is 11.8 Å². The molecule has 0 aromatic heterocycles. The second-order valence-corrected chi connectivity index (χ2v) is 2.80. The standard InChI is InChI=1S/C10H18O/c1-3-4-5-6-7-8-9-10(2)11/h10-11H,3,6-9H2,1-2H3. The minimum atomic E-state index is -0.144. The van der Waals surface area contributed by atoms with Crippen molar-refractivity contribution in [3.05, 3.63) is 0 Å². The molecule has 11 heavy (non-hydrogen) atoms. The Hall–Kier alpha value is -0.480. The van der Waals surface area contributed by atoms with Crippen LogP contribution in [0.2, 0.25) is 0 Å². The number of hydrogen-bond donors (Lipinski definition) is 1. The van der Waals surface area contributed by atoms with Gasteiger partial charge in [0.25, 0.3) is 0 Å². The third-order valence-corrected chi connectivity index (χ3v) is 1.48. The molecule has 1 unspecified atom stereocenters. The largest absolute Gasteiger partial charge is 0.393 e. The fourth-order valence-electron chi connectivity index (χ4n) is 0.867. The van der Waals surface area contributed by atoms with Crippen molar-refractivity contribution in [2.75, 3.05) is 0 Å². The van der Waals surface area contributed by atoms with Crippen LogP contribution in [0.4, 0.5) is 0 Å². The molecule has 0 aliphatic heterocycles. The molecule has 1 heteroatoms. The molecule has 0 aromatic carbocycles. The zero-order valence-electron chi connectivity index (χ0n) is 7.56. The number of aliphatic hydroxyl groups is 1. The van der Waals surface area contributed by atoms with E-state index in [-0.39, 0.29) is 6.10 Å². The predicted octanol–water partition coefficient (Wildman–Crippen LogP) is 2.34. The molecule has 0 aromatic rings. The Morgan fingerprint density at radius 3 is 2.55 bits per heavy atom. The van der Waals surface area contributed by atoms with Crippen LogP contribution in [-0.2, 0) is 0 Å². The highest BCUT2D eigenvalue weighted by molar-refractivity contribution is 4.97. The Balaban J connectivity index is 3.02. The first-order valence-corrected chi connectivity index (χ1v) is 4.41. The molecule has 0 saturated heterocycles. The van der Waals surface area contributed by atoms with Gasteiger partial charge in [-0.2, -0.15) is 0 Å². The van der Waals surface area contributed by atoms with Gasteiger partial charge in [0, 0.05) is 12.8 Å². The lowest BCUT2D eigenvalue weighted by molar-refractivity contribution is 0.181. The average molecular weight is 154 g/mol. The van der Waals surface area contributed by atoms with Gasteiger partial charge in [0.1, 0.15) is 0 Å². The van der Waals surface area contributed by atoms with Crippen LogP contribution in [0.1, 0.15) is 46.0 Å². The summed E-state index contributed by atoms with van der Waals surface area (Å²) < 4.78 is 0. The minimum absolute atomic E-state index is 0.144. The SMILES string of the molecule is CCC#CCCCCC(C)O. The van der Waals surface area contributed by atoms with Crippen LogP contribution in [0.15, 0.2) is 0 Å². The topological polar surface area (TPSA) is 20.2 Å². The van der Waals surface area contributed by atoms with Gasteiger partial charge in [-0.15, -0.1) is 11.8 Å². The Morgan fingerprint density at radius 2 is 2.00 bits per heavy atom. The molecular weight excluding hydrogens is 136 g/mol. The molecule has 0 saturated carbocycles. The highest BCUT2D eigenvalue weighted by Crippen LogP contribution is 2.01. The molecule has 0 aliphatic rings. The summed E-state index contributed by atoms with van der Waals surface area (Å²) in [7, 11) is 0. The van der Waals surface area contributed by atoms with Gasteiger partial charge in [0.05, 0.1) is 6.10 Å². The molecular formula is C10H18O. The first-order valence-electron chi connectivity index (χ1n) is 4.41. The van der Waals surface area contributed by atoms with Gasteiger partial charge in [-0.05, 0) is 26.2 Å². The quantitative estimate of drug-likeness (QED) is 0.487. The van der Waals surface area contributed by atoms with E-state index in [1.165, 1.54) is 0 Å². The maximum atomic E-state index is 8.92. The fourth-order valence-corrected chi connectivity index (χ4v) is 0.867. The van der Waals surface area contributed by atoms with E-state index in [1.54, 1.807) is 0 Å². The summed E-state index contributed by atoms with van der Waals surface area (Å²) in [4.78, 5) is 0. The van der Waals surface area contributed by atoms with E-state index < -0.39 is 0 Å². The van der Waals surface area contributed by atoms with Crippen LogP contribution in [0.25, 0.3) is 0 Å². The molecule has 1 nitrogen and oxygen atoms in total. The van der Waals surface area contributed by atoms with Crippen molar-refractivity contribution < 1.29 is 5.11 Å². The summed E-state index contributed by atoms with van der Waals surface area (Å²) >= 11 is 0. The molecule has 0 bridgehead atoms. The Labute approximate surface area is 69.8 Å². The molecule has 0 radical (unpaired) electrons. The van der Waals surface area contributed by atoms with E-state index in [2.05, 4.69) is 18.8 Å². The second kappa shape index (κ2) is 7.63. The number of aliphatic hydroxyl groups excluding tert-OH is 1. The summed E-state index contributed by atoms with van der Waals surface area (Å²) in [6.07, 6.45) is 4.92. The van der Waals surface area contributed by atoms with Crippen LogP contribution in [0.3, 0.4) is 0 Å². The zero-order chi connectivity index (χ0) is 8.53. The summed E-state index contributed by atoms with van der Waals surface area (Å²) in [6, 6.07) is 0. The zero-order valence-corrected chi connectivity index (χ0v) is 7.56. The summed E-state index contributed by atoms with van der Waals surface area (Å²) in [5, 5.41) is 8.92. The maximum absolute atomic E-state index is 8.92. The monoisotopic (exact) mass is 154 g/mol. The van der Waals surface area contributed by atoms with Crippen LogP contribution < -0.4 is 0 Å². The van der Waals surface area contributed by atoms with E-state index in [1.807, 2.05) is 6.92 Å². The number of rotatable bonds is 4. The van der Waals surface area contributed by atoms with Gasteiger partial charge in [0.2, 0.25) is 0 Å². The third kappa shape index (κ3) is 9.52. The minimum Gasteiger partial charge on any atom is -0.393 e. The van der Waals surface area contributed by atoms with Crippen LogP contribution >= 0.6 is 0 Å². The van der Waals surface area contributed by atoms with Gasteiger partial charge in [-0.1, -0.05) is 6.92 Å². The van der Waals surface area contributed by atoms with Gasteiger partial charge < -0.3 is 5.11 Å². The smallest absolute Gasteiger partial charge is 0.0512 e. The number of hydrogen-bond acceptors (Lipinski definition) is 1. The lowest BCUT2D eigenvalue weighted by atomic mass is 10.1. The van der Waals surface area contributed by atoms with Crippen molar-refractivity contribution >= 4 is 0 Å². The molecule has 0 aliphatic carbocycles. The van der Waals surface area contributed by atoms with Crippen molar-refractivity contribution in [2.45, 2.75) is 52.1 Å². The molecule has 0 spiro atoms. The molecule has 1 N–H and O–H groups in total.